The molecule has 0 aromatic carbocycles. The first-order chi connectivity index (χ1) is 5.22. The van der Waals surface area contributed by atoms with Crippen LogP contribution < -0.4 is 0 Å². The van der Waals surface area contributed by atoms with Crippen molar-refractivity contribution in [2.45, 2.75) is 6.54 Å². The van der Waals surface area contributed by atoms with E-state index in [0.29, 0.717) is 0 Å². The van der Waals surface area contributed by atoms with E-state index in [9.17, 15) is 9.18 Å². The molecule has 4 nitrogen and oxygen atoms in total. The molecule has 0 spiro atoms. The van der Waals surface area contributed by atoms with Crippen LogP contribution in [0.2, 0.25) is 0 Å². The van der Waals surface area contributed by atoms with E-state index in [1.807, 2.05) is 0 Å². The summed E-state index contributed by atoms with van der Waals surface area (Å²) >= 11 is 0. The fraction of sp³-hybridized carbons (Fsp3) is 0.333. The van der Waals surface area contributed by atoms with Crippen LogP contribution in [0.15, 0.2) is 12.4 Å². The summed E-state index contributed by atoms with van der Waals surface area (Å²) in [4.78, 5) is 10.6. The van der Waals surface area contributed by atoms with Gasteiger partial charge in [0, 0.05) is 0 Å². The van der Waals surface area contributed by atoms with Crippen LogP contribution in [-0.2, 0) is 16.1 Å². The molecular formula is C6H7FN2O2. The molecule has 0 fully saturated rings. The van der Waals surface area contributed by atoms with Crippen LogP contribution in [0.5, 0.6) is 0 Å². The van der Waals surface area contributed by atoms with E-state index in [1.165, 1.54) is 11.8 Å². The van der Waals surface area contributed by atoms with Crippen LogP contribution in [0.25, 0.3) is 0 Å². The van der Waals surface area contributed by atoms with Crippen LogP contribution in [0.4, 0.5) is 4.39 Å². The fourth-order valence-electron chi connectivity index (χ4n) is 0.622. The van der Waals surface area contributed by atoms with Crippen LogP contribution in [0.1, 0.15) is 0 Å². The Morgan fingerprint density at radius 1 is 1.91 bits per heavy atom. The molecule has 5 heteroatoms. The molecule has 0 amide bonds. The van der Waals surface area contributed by atoms with Crippen LogP contribution >= 0.6 is 0 Å². The van der Waals surface area contributed by atoms with Crippen molar-refractivity contribution in [3.8, 4) is 0 Å². The molecule has 1 heterocycles. The van der Waals surface area contributed by atoms with Gasteiger partial charge in [0.25, 0.3) is 0 Å². The Morgan fingerprint density at radius 2 is 2.64 bits per heavy atom. The van der Waals surface area contributed by atoms with Crippen molar-refractivity contribution >= 4 is 5.97 Å². The van der Waals surface area contributed by atoms with Crippen LogP contribution in [-0.4, -0.2) is 22.9 Å². The standard InChI is InChI=1S/C6H7FN2O2/c1-11-6(10)4-9-3-5(7)2-8-9/h2-3H,4H2,1H3. The summed E-state index contributed by atoms with van der Waals surface area (Å²) in [7, 11) is 1.27. The summed E-state index contributed by atoms with van der Waals surface area (Å²) in [6, 6.07) is 0. The van der Waals surface area contributed by atoms with Gasteiger partial charge in [0.05, 0.1) is 19.5 Å². The molecule has 1 aromatic rings. The minimum Gasteiger partial charge on any atom is -0.468 e. The van der Waals surface area contributed by atoms with Gasteiger partial charge in [-0.05, 0) is 0 Å². The minimum atomic E-state index is -0.464. The molecule has 0 aliphatic carbocycles. The van der Waals surface area contributed by atoms with Crippen molar-refractivity contribution in [1.82, 2.24) is 9.78 Å². The Labute approximate surface area is 62.6 Å². The fourth-order valence-corrected chi connectivity index (χ4v) is 0.622. The number of nitrogens with zero attached hydrogens (tertiary/aromatic N) is 2. The maximum atomic E-state index is 12.2. The Morgan fingerprint density at radius 3 is 3.09 bits per heavy atom. The summed E-state index contributed by atoms with van der Waals surface area (Å²) in [5.41, 5.74) is 0. The monoisotopic (exact) mass is 158 g/mol. The zero-order valence-corrected chi connectivity index (χ0v) is 5.95. The van der Waals surface area contributed by atoms with E-state index in [-0.39, 0.29) is 6.54 Å². The first kappa shape index (κ1) is 7.71. The molecule has 11 heavy (non-hydrogen) atoms. The summed E-state index contributed by atoms with van der Waals surface area (Å²) in [6.07, 6.45) is 2.15. The number of ether oxygens (including phenoxy) is 1. The van der Waals surface area contributed by atoms with E-state index in [2.05, 4.69) is 9.84 Å². The minimum absolute atomic E-state index is 0.0551. The van der Waals surface area contributed by atoms with E-state index < -0.39 is 11.8 Å². The summed E-state index contributed by atoms with van der Waals surface area (Å²) < 4.78 is 17.8. The van der Waals surface area contributed by atoms with E-state index >= 15 is 0 Å². The average molecular weight is 158 g/mol. The van der Waals surface area contributed by atoms with Crippen molar-refractivity contribution < 1.29 is 13.9 Å². The Bertz CT molecular complexity index is 259. The van der Waals surface area contributed by atoms with E-state index in [1.54, 1.807) is 0 Å². The third kappa shape index (κ3) is 2.03. The van der Waals surface area contributed by atoms with Crippen molar-refractivity contribution in [1.29, 1.82) is 0 Å². The highest BCUT2D eigenvalue weighted by atomic mass is 19.1. The number of hydrogen-bond donors (Lipinski definition) is 0. The molecule has 0 N–H and O–H groups in total. The number of halogens is 1. The molecule has 0 atom stereocenters. The number of rotatable bonds is 2. The van der Waals surface area contributed by atoms with Gasteiger partial charge in [-0.15, -0.1) is 0 Å². The van der Waals surface area contributed by atoms with Gasteiger partial charge in [-0.2, -0.15) is 5.10 Å². The lowest BCUT2D eigenvalue weighted by Crippen LogP contribution is -2.11. The zero-order chi connectivity index (χ0) is 8.27. The normalized spacial score (nSPS) is 9.64. The Hall–Kier alpha value is -1.39. The molecular weight excluding hydrogens is 151 g/mol. The second-order valence-corrected chi connectivity index (χ2v) is 1.93. The summed E-state index contributed by atoms with van der Waals surface area (Å²) in [6.45, 7) is -0.0551. The highest BCUT2D eigenvalue weighted by Gasteiger charge is 2.02. The predicted octanol–water partition coefficient (Wildman–Crippen LogP) is 0.195. The molecule has 0 saturated heterocycles. The first-order valence-corrected chi connectivity index (χ1v) is 2.97. The molecule has 0 unspecified atom stereocenters. The van der Waals surface area contributed by atoms with Gasteiger partial charge in [-0.3, -0.25) is 9.48 Å². The molecule has 1 aromatic heterocycles. The number of aromatic nitrogens is 2. The lowest BCUT2D eigenvalue weighted by atomic mass is 10.6. The van der Waals surface area contributed by atoms with Gasteiger partial charge in [0.2, 0.25) is 0 Å². The highest BCUT2D eigenvalue weighted by Crippen LogP contribution is 1.93. The predicted molar refractivity (Wildman–Crippen MR) is 34.2 cm³/mol. The lowest BCUT2D eigenvalue weighted by Gasteiger charge is -1.96. The van der Waals surface area contributed by atoms with Crippen molar-refractivity contribution in [3.63, 3.8) is 0 Å². The second kappa shape index (κ2) is 3.14. The lowest BCUT2D eigenvalue weighted by molar-refractivity contribution is -0.141. The molecule has 0 radical (unpaired) electrons. The summed E-state index contributed by atoms with van der Waals surface area (Å²) in [5, 5.41) is 3.54. The number of hydrogen-bond acceptors (Lipinski definition) is 3. The smallest absolute Gasteiger partial charge is 0.327 e. The third-order valence-corrected chi connectivity index (χ3v) is 1.12. The summed E-state index contributed by atoms with van der Waals surface area (Å²) in [5.74, 6) is -0.915. The van der Waals surface area contributed by atoms with Gasteiger partial charge < -0.3 is 4.74 Å². The second-order valence-electron chi connectivity index (χ2n) is 1.93. The van der Waals surface area contributed by atoms with Crippen LogP contribution in [0.3, 0.4) is 0 Å². The highest BCUT2D eigenvalue weighted by molar-refractivity contribution is 5.68. The van der Waals surface area contributed by atoms with E-state index in [0.717, 1.165) is 12.4 Å². The first-order valence-electron chi connectivity index (χ1n) is 2.97. The maximum absolute atomic E-state index is 12.2. The van der Waals surface area contributed by atoms with Crippen molar-refractivity contribution in [2.75, 3.05) is 7.11 Å². The van der Waals surface area contributed by atoms with Crippen molar-refractivity contribution in [2.24, 2.45) is 0 Å². The number of carbonyl (C=O) groups is 1. The zero-order valence-electron chi connectivity index (χ0n) is 5.95. The number of methoxy groups -OCH3 is 1. The Balaban J connectivity index is 2.57. The van der Waals surface area contributed by atoms with Crippen LogP contribution in [0, 0.1) is 5.82 Å². The molecule has 0 saturated carbocycles. The number of esters is 1. The molecule has 60 valence electrons. The van der Waals surface area contributed by atoms with Crippen molar-refractivity contribution in [3.05, 3.63) is 18.2 Å². The third-order valence-electron chi connectivity index (χ3n) is 1.12. The average Bonchev–Trinajstić information content (AvgIpc) is 2.35. The SMILES string of the molecule is COC(=O)Cn1cc(F)cn1. The van der Waals surface area contributed by atoms with Gasteiger partial charge >= 0.3 is 5.97 Å². The van der Waals surface area contributed by atoms with Gasteiger partial charge in [-0.25, -0.2) is 4.39 Å². The van der Waals surface area contributed by atoms with Gasteiger partial charge in [-0.1, -0.05) is 0 Å². The molecule has 0 aliphatic rings. The Kier molecular flexibility index (Phi) is 2.20. The quantitative estimate of drug-likeness (QED) is 0.577. The van der Waals surface area contributed by atoms with E-state index in [4.69, 9.17) is 0 Å². The van der Waals surface area contributed by atoms with Gasteiger partial charge in [0.1, 0.15) is 6.54 Å². The molecule has 1 rings (SSSR count). The largest absolute Gasteiger partial charge is 0.468 e. The topological polar surface area (TPSA) is 44.1 Å². The maximum Gasteiger partial charge on any atom is 0.327 e. The number of carbonyl (C=O) groups excluding carboxylic acids is 1. The van der Waals surface area contributed by atoms with Gasteiger partial charge in [0.15, 0.2) is 5.82 Å². The molecule has 0 bridgehead atoms. The molecule has 0 aliphatic heterocycles.